The molecule has 0 aliphatic carbocycles. The molecule has 1 unspecified atom stereocenters. The minimum Gasteiger partial charge on any atom is -0.355 e. The molecule has 5 nitrogen and oxygen atoms in total. The Morgan fingerprint density at radius 3 is 2.50 bits per heavy atom. The van der Waals surface area contributed by atoms with E-state index in [-0.39, 0.29) is 11.9 Å². The van der Waals surface area contributed by atoms with Crippen LogP contribution in [0.2, 0.25) is 0 Å². The number of nitrogens with one attached hydrogen (secondary N) is 3. The Labute approximate surface area is 131 Å². The van der Waals surface area contributed by atoms with E-state index in [0.717, 1.165) is 57.1 Å². The summed E-state index contributed by atoms with van der Waals surface area (Å²) >= 11 is 0. The van der Waals surface area contributed by atoms with E-state index in [9.17, 15) is 4.79 Å². The Morgan fingerprint density at radius 2 is 1.90 bits per heavy atom. The molecule has 0 radical (unpaired) electrons. The van der Waals surface area contributed by atoms with E-state index < -0.39 is 0 Å². The maximum atomic E-state index is 11.8. The zero-order valence-electron chi connectivity index (χ0n) is 12.7. The predicted octanol–water partition coefficient (Wildman–Crippen LogP) is 0.811. The van der Waals surface area contributed by atoms with Crippen molar-refractivity contribution in [3.63, 3.8) is 0 Å². The second kappa shape index (κ2) is 15.4. The molecule has 1 amide bonds. The lowest BCUT2D eigenvalue weighted by Crippen LogP contribution is -2.51. The van der Waals surface area contributed by atoms with Gasteiger partial charge >= 0.3 is 0 Å². The van der Waals surface area contributed by atoms with E-state index >= 15 is 0 Å². The number of amides is 1. The molecule has 5 N–H and O–H groups in total. The summed E-state index contributed by atoms with van der Waals surface area (Å²) in [7, 11) is 3.75. The third-order valence-electron chi connectivity index (χ3n) is 2.52. The molecule has 0 spiro atoms. The van der Waals surface area contributed by atoms with E-state index in [1.165, 1.54) is 0 Å². The molecule has 120 valence electrons. The average Bonchev–Trinajstić information content (AvgIpc) is 2.50. The highest BCUT2D eigenvalue weighted by Gasteiger charge is 2.16. The van der Waals surface area contributed by atoms with Gasteiger partial charge in [-0.1, -0.05) is 35.4 Å². The highest BCUT2D eigenvalue weighted by atomic mass is 33.1. The summed E-state index contributed by atoms with van der Waals surface area (Å²) < 4.78 is 0. The van der Waals surface area contributed by atoms with Gasteiger partial charge in [-0.05, 0) is 19.4 Å². The molecule has 1 atom stereocenters. The Balaban J connectivity index is 0.000000796. The minimum atomic E-state index is -0.0877. The van der Waals surface area contributed by atoms with E-state index in [0.29, 0.717) is 0 Å². The first kappa shape index (κ1) is 20.1. The molecule has 0 aromatic rings. The molecule has 1 saturated heterocycles. The molecular formula is C13H30N4OS2. The SMILES string of the molecule is CCCN.CCCNC(=O)C1CNCCSSCCN1. The van der Waals surface area contributed by atoms with Gasteiger partial charge in [-0.25, -0.2) is 0 Å². The smallest absolute Gasteiger partial charge is 0.238 e. The van der Waals surface area contributed by atoms with Crippen molar-refractivity contribution < 1.29 is 4.79 Å². The maximum absolute atomic E-state index is 11.8. The lowest BCUT2D eigenvalue weighted by molar-refractivity contribution is -0.123. The zero-order chi connectivity index (χ0) is 15.1. The summed E-state index contributed by atoms with van der Waals surface area (Å²) in [6, 6.07) is -0.0877. The van der Waals surface area contributed by atoms with Crippen LogP contribution >= 0.6 is 21.6 Å². The lowest BCUT2D eigenvalue weighted by atomic mass is 10.2. The van der Waals surface area contributed by atoms with Crippen molar-refractivity contribution in [1.82, 2.24) is 16.0 Å². The first-order chi connectivity index (χ1) is 9.76. The Kier molecular flexibility index (Phi) is 15.5. The first-order valence-corrected chi connectivity index (χ1v) is 9.91. The molecular weight excluding hydrogens is 292 g/mol. The van der Waals surface area contributed by atoms with Crippen molar-refractivity contribution in [3.05, 3.63) is 0 Å². The minimum absolute atomic E-state index is 0.0877. The number of rotatable bonds is 4. The van der Waals surface area contributed by atoms with E-state index in [1.54, 1.807) is 0 Å². The number of nitrogens with two attached hydrogens (primary N) is 1. The fourth-order valence-electron chi connectivity index (χ4n) is 1.38. The fraction of sp³-hybridized carbons (Fsp3) is 0.923. The van der Waals surface area contributed by atoms with Crippen molar-refractivity contribution in [2.75, 3.05) is 44.2 Å². The van der Waals surface area contributed by atoms with Gasteiger partial charge in [-0.15, -0.1) is 0 Å². The van der Waals surface area contributed by atoms with Crippen LogP contribution in [0.25, 0.3) is 0 Å². The van der Waals surface area contributed by atoms with Gasteiger partial charge in [0.25, 0.3) is 0 Å². The average molecular weight is 323 g/mol. The predicted molar refractivity (Wildman–Crippen MR) is 92.2 cm³/mol. The van der Waals surface area contributed by atoms with Crippen LogP contribution in [0.15, 0.2) is 0 Å². The molecule has 1 rings (SSSR count). The molecule has 0 saturated carbocycles. The summed E-state index contributed by atoms with van der Waals surface area (Å²) in [5.41, 5.74) is 5.03. The summed E-state index contributed by atoms with van der Waals surface area (Å²) in [5.74, 6) is 2.28. The van der Waals surface area contributed by atoms with Crippen LogP contribution in [0.3, 0.4) is 0 Å². The van der Waals surface area contributed by atoms with Crippen molar-refractivity contribution in [3.8, 4) is 0 Å². The fourth-order valence-corrected chi connectivity index (χ4v) is 3.25. The van der Waals surface area contributed by atoms with Crippen molar-refractivity contribution in [1.29, 1.82) is 0 Å². The van der Waals surface area contributed by atoms with Crippen molar-refractivity contribution in [2.45, 2.75) is 32.7 Å². The number of carbonyl (C=O) groups is 1. The highest BCUT2D eigenvalue weighted by molar-refractivity contribution is 8.76. The molecule has 20 heavy (non-hydrogen) atoms. The van der Waals surface area contributed by atoms with Gasteiger partial charge in [0, 0.05) is 37.7 Å². The van der Waals surface area contributed by atoms with Crippen molar-refractivity contribution >= 4 is 27.5 Å². The normalized spacial score (nSPS) is 20.4. The van der Waals surface area contributed by atoms with Gasteiger partial charge in [0.05, 0.1) is 6.04 Å². The maximum Gasteiger partial charge on any atom is 0.238 e. The first-order valence-electron chi connectivity index (χ1n) is 7.42. The third-order valence-corrected chi connectivity index (χ3v) is 4.93. The standard InChI is InChI=1S/C10H21N3OS2.C3H9N/c1-2-3-13-10(14)9-8-11-4-6-15-16-7-5-12-9;1-2-3-4/h9,11-12H,2-8H2,1H3,(H,13,14);2-4H2,1H3. The number of hydrogen-bond donors (Lipinski definition) is 4. The molecule has 1 aliphatic heterocycles. The largest absolute Gasteiger partial charge is 0.355 e. The van der Waals surface area contributed by atoms with Gasteiger partial charge in [-0.3, -0.25) is 4.79 Å². The van der Waals surface area contributed by atoms with Crippen LogP contribution in [-0.2, 0) is 4.79 Å². The second-order valence-electron chi connectivity index (χ2n) is 4.43. The second-order valence-corrected chi connectivity index (χ2v) is 7.14. The van der Waals surface area contributed by atoms with Crippen LogP contribution in [0.4, 0.5) is 0 Å². The quantitative estimate of drug-likeness (QED) is 0.574. The van der Waals surface area contributed by atoms with E-state index in [4.69, 9.17) is 5.73 Å². The molecule has 7 heteroatoms. The molecule has 1 heterocycles. The van der Waals surface area contributed by atoms with Crippen LogP contribution in [0, 0.1) is 0 Å². The zero-order valence-corrected chi connectivity index (χ0v) is 14.4. The monoisotopic (exact) mass is 322 g/mol. The van der Waals surface area contributed by atoms with Gasteiger partial charge in [-0.2, -0.15) is 0 Å². The molecule has 0 aromatic heterocycles. The third kappa shape index (κ3) is 11.8. The Bertz CT molecular complexity index is 220. The highest BCUT2D eigenvalue weighted by Crippen LogP contribution is 2.19. The number of hydrogen-bond acceptors (Lipinski definition) is 6. The molecule has 0 bridgehead atoms. The molecule has 1 aliphatic rings. The Hall–Kier alpha value is 0.0500. The van der Waals surface area contributed by atoms with Gasteiger partial charge in [0.1, 0.15) is 0 Å². The topological polar surface area (TPSA) is 79.2 Å². The van der Waals surface area contributed by atoms with Gasteiger partial charge in [0.15, 0.2) is 0 Å². The van der Waals surface area contributed by atoms with Crippen LogP contribution in [0.1, 0.15) is 26.7 Å². The lowest BCUT2D eigenvalue weighted by Gasteiger charge is -2.20. The van der Waals surface area contributed by atoms with Gasteiger partial charge < -0.3 is 21.7 Å². The van der Waals surface area contributed by atoms with Crippen LogP contribution in [-0.4, -0.2) is 56.2 Å². The summed E-state index contributed by atoms with van der Waals surface area (Å²) in [6.07, 6.45) is 2.08. The summed E-state index contributed by atoms with van der Waals surface area (Å²) in [6.45, 7) is 8.29. The number of carbonyl (C=O) groups excluding carboxylic acids is 1. The van der Waals surface area contributed by atoms with Gasteiger partial charge in [0.2, 0.25) is 5.91 Å². The van der Waals surface area contributed by atoms with Crippen molar-refractivity contribution in [2.24, 2.45) is 5.73 Å². The summed E-state index contributed by atoms with van der Waals surface area (Å²) in [5, 5.41) is 9.53. The van der Waals surface area contributed by atoms with E-state index in [2.05, 4.69) is 29.8 Å². The summed E-state index contributed by atoms with van der Waals surface area (Å²) in [4.78, 5) is 11.8. The molecule has 1 fully saturated rings. The molecule has 0 aromatic carbocycles. The van der Waals surface area contributed by atoms with Crippen LogP contribution < -0.4 is 21.7 Å². The van der Waals surface area contributed by atoms with Crippen LogP contribution in [0.5, 0.6) is 0 Å². The Morgan fingerprint density at radius 1 is 1.25 bits per heavy atom. The van der Waals surface area contributed by atoms with E-state index in [1.807, 2.05) is 21.6 Å².